The summed E-state index contributed by atoms with van der Waals surface area (Å²) in [5.74, 6) is 2.94. The Kier molecular flexibility index (Phi) is 9.49. The first-order valence-electron chi connectivity index (χ1n) is 8.92. The molecule has 0 aromatic rings. The number of ether oxygens (including phenoxy) is 1. The van der Waals surface area contributed by atoms with Gasteiger partial charge in [0.2, 0.25) is 0 Å². The molecule has 20 heavy (non-hydrogen) atoms. The van der Waals surface area contributed by atoms with Gasteiger partial charge in [-0.3, -0.25) is 4.90 Å². The van der Waals surface area contributed by atoms with Gasteiger partial charge in [-0.25, -0.2) is 0 Å². The summed E-state index contributed by atoms with van der Waals surface area (Å²) in [7, 11) is 0. The van der Waals surface area contributed by atoms with Crippen molar-refractivity contribution in [1.82, 2.24) is 10.2 Å². The normalized spacial score (nSPS) is 33.3. The molecule has 3 atom stereocenters. The highest BCUT2D eigenvalue weighted by Crippen LogP contribution is 2.36. The molecule has 1 saturated carbocycles. The van der Waals surface area contributed by atoms with Crippen molar-refractivity contribution in [3.8, 4) is 0 Å². The van der Waals surface area contributed by atoms with Crippen LogP contribution in [0.3, 0.4) is 0 Å². The van der Waals surface area contributed by atoms with Gasteiger partial charge < -0.3 is 10.1 Å². The highest BCUT2D eigenvalue weighted by atomic mass is 16.5. The van der Waals surface area contributed by atoms with Gasteiger partial charge in [0.1, 0.15) is 0 Å². The maximum absolute atomic E-state index is 5.41. The third-order valence-corrected chi connectivity index (χ3v) is 4.68. The fourth-order valence-corrected chi connectivity index (χ4v) is 3.71. The minimum Gasteiger partial charge on any atom is -0.379 e. The van der Waals surface area contributed by atoms with Crippen LogP contribution in [-0.4, -0.2) is 50.8 Å². The van der Waals surface area contributed by atoms with Gasteiger partial charge in [0, 0.05) is 19.6 Å². The molecule has 3 nitrogen and oxygen atoms in total. The van der Waals surface area contributed by atoms with Crippen LogP contribution in [-0.2, 0) is 4.74 Å². The highest BCUT2D eigenvalue weighted by Gasteiger charge is 2.34. The Morgan fingerprint density at radius 1 is 0.950 bits per heavy atom. The second-order valence-electron chi connectivity index (χ2n) is 5.77. The van der Waals surface area contributed by atoms with Crippen LogP contribution in [0.5, 0.6) is 0 Å². The van der Waals surface area contributed by atoms with E-state index in [4.69, 9.17) is 4.74 Å². The number of rotatable bonds is 2. The number of morpholine rings is 1. The smallest absolute Gasteiger partial charge is 0.0594 e. The van der Waals surface area contributed by atoms with Crippen molar-refractivity contribution >= 4 is 0 Å². The molecule has 0 amide bonds. The van der Waals surface area contributed by atoms with Crippen molar-refractivity contribution in [3.63, 3.8) is 0 Å². The van der Waals surface area contributed by atoms with Gasteiger partial charge in [-0.05, 0) is 50.1 Å². The third kappa shape index (κ3) is 5.34. The monoisotopic (exact) mass is 284 g/mol. The lowest BCUT2D eigenvalue weighted by atomic mass is 9.76. The summed E-state index contributed by atoms with van der Waals surface area (Å²) in [5.41, 5.74) is 0. The maximum Gasteiger partial charge on any atom is 0.0594 e. The predicted octanol–water partition coefficient (Wildman–Crippen LogP) is 3.01. The second-order valence-corrected chi connectivity index (χ2v) is 5.77. The van der Waals surface area contributed by atoms with Crippen LogP contribution >= 0.6 is 0 Å². The number of nitrogens with zero attached hydrogens (tertiary/aromatic N) is 1. The van der Waals surface area contributed by atoms with E-state index in [1.165, 1.54) is 38.9 Å². The largest absolute Gasteiger partial charge is 0.379 e. The SMILES string of the molecule is C1CN(CC2CCC3CNCC3C2)CCO1.CC.CC. The van der Waals surface area contributed by atoms with E-state index < -0.39 is 0 Å². The van der Waals surface area contributed by atoms with E-state index >= 15 is 0 Å². The Morgan fingerprint density at radius 2 is 1.60 bits per heavy atom. The van der Waals surface area contributed by atoms with Gasteiger partial charge in [0.15, 0.2) is 0 Å². The first-order chi connectivity index (χ1) is 9.92. The molecule has 3 fully saturated rings. The molecule has 3 unspecified atom stereocenters. The van der Waals surface area contributed by atoms with Crippen LogP contribution in [0.25, 0.3) is 0 Å². The van der Waals surface area contributed by atoms with Gasteiger partial charge in [0.05, 0.1) is 13.2 Å². The van der Waals surface area contributed by atoms with E-state index in [1.807, 2.05) is 27.7 Å². The third-order valence-electron chi connectivity index (χ3n) is 4.68. The fraction of sp³-hybridized carbons (Fsp3) is 1.00. The molecule has 0 aromatic heterocycles. The molecule has 2 aliphatic heterocycles. The molecule has 120 valence electrons. The van der Waals surface area contributed by atoms with Gasteiger partial charge in [0.25, 0.3) is 0 Å². The summed E-state index contributed by atoms with van der Waals surface area (Å²) in [6, 6.07) is 0. The molecule has 2 heterocycles. The van der Waals surface area contributed by atoms with E-state index in [0.29, 0.717) is 0 Å². The lowest BCUT2D eigenvalue weighted by Crippen LogP contribution is -2.41. The topological polar surface area (TPSA) is 24.5 Å². The molecule has 2 saturated heterocycles. The summed E-state index contributed by atoms with van der Waals surface area (Å²) in [6.07, 6.45) is 4.39. The molecule has 0 bridgehead atoms. The molecule has 0 aromatic carbocycles. The Labute approximate surface area is 126 Å². The Balaban J connectivity index is 0.000000461. The van der Waals surface area contributed by atoms with Crippen LogP contribution in [0.4, 0.5) is 0 Å². The molecule has 0 spiro atoms. The standard InChI is InChI=1S/C13H24N2O.2C2H6/c1-2-12-8-14-9-13(12)7-11(1)10-15-3-5-16-6-4-15;2*1-2/h11-14H,1-10H2;2*1-2H3. The number of nitrogens with one attached hydrogen (secondary N) is 1. The minimum atomic E-state index is 0.945. The van der Waals surface area contributed by atoms with Crippen molar-refractivity contribution in [1.29, 1.82) is 0 Å². The van der Waals surface area contributed by atoms with Crippen molar-refractivity contribution < 1.29 is 4.74 Å². The fourth-order valence-electron chi connectivity index (χ4n) is 3.71. The van der Waals surface area contributed by atoms with E-state index in [0.717, 1.165) is 44.1 Å². The molecule has 1 N–H and O–H groups in total. The van der Waals surface area contributed by atoms with Crippen LogP contribution < -0.4 is 5.32 Å². The number of hydrogen-bond acceptors (Lipinski definition) is 3. The Morgan fingerprint density at radius 3 is 2.30 bits per heavy atom. The molecule has 3 rings (SSSR count). The van der Waals surface area contributed by atoms with Crippen molar-refractivity contribution in [2.45, 2.75) is 47.0 Å². The van der Waals surface area contributed by atoms with Crippen LogP contribution in [0.1, 0.15) is 47.0 Å². The van der Waals surface area contributed by atoms with E-state index in [1.54, 1.807) is 0 Å². The molecule has 3 aliphatic rings. The van der Waals surface area contributed by atoms with E-state index in [2.05, 4.69) is 10.2 Å². The first kappa shape index (κ1) is 17.9. The van der Waals surface area contributed by atoms with Crippen molar-refractivity contribution in [3.05, 3.63) is 0 Å². The molecular weight excluding hydrogens is 248 g/mol. The summed E-state index contributed by atoms with van der Waals surface area (Å²) in [5, 5.41) is 3.55. The second kappa shape index (κ2) is 10.6. The van der Waals surface area contributed by atoms with Gasteiger partial charge in [-0.1, -0.05) is 27.7 Å². The predicted molar refractivity (Wildman–Crippen MR) is 87.1 cm³/mol. The number of fused-ring (bicyclic) bond motifs is 1. The van der Waals surface area contributed by atoms with Gasteiger partial charge >= 0.3 is 0 Å². The highest BCUT2D eigenvalue weighted by molar-refractivity contribution is 4.88. The van der Waals surface area contributed by atoms with Gasteiger partial charge in [-0.15, -0.1) is 0 Å². The van der Waals surface area contributed by atoms with Gasteiger partial charge in [-0.2, -0.15) is 0 Å². The molecule has 3 heteroatoms. The summed E-state index contributed by atoms with van der Waals surface area (Å²) < 4.78 is 5.41. The van der Waals surface area contributed by atoms with E-state index in [9.17, 15) is 0 Å². The van der Waals surface area contributed by atoms with Crippen LogP contribution in [0, 0.1) is 17.8 Å². The van der Waals surface area contributed by atoms with Crippen LogP contribution in [0.2, 0.25) is 0 Å². The van der Waals surface area contributed by atoms with Crippen molar-refractivity contribution in [2.24, 2.45) is 17.8 Å². The zero-order chi connectivity index (χ0) is 14.8. The zero-order valence-electron chi connectivity index (χ0n) is 14.2. The molecule has 1 aliphatic carbocycles. The Bertz CT molecular complexity index is 229. The lowest BCUT2D eigenvalue weighted by molar-refractivity contribution is 0.0243. The summed E-state index contributed by atoms with van der Waals surface area (Å²) in [6.45, 7) is 16.1. The summed E-state index contributed by atoms with van der Waals surface area (Å²) in [4.78, 5) is 2.61. The molecular formula is C17H36N2O. The van der Waals surface area contributed by atoms with E-state index in [-0.39, 0.29) is 0 Å². The minimum absolute atomic E-state index is 0.945. The first-order valence-corrected chi connectivity index (χ1v) is 8.92. The number of hydrogen-bond donors (Lipinski definition) is 1. The van der Waals surface area contributed by atoms with Crippen molar-refractivity contribution in [2.75, 3.05) is 45.9 Å². The lowest BCUT2D eigenvalue weighted by Gasteiger charge is -2.36. The summed E-state index contributed by atoms with van der Waals surface area (Å²) >= 11 is 0. The molecule has 0 radical (unpaired) electrons. The zero-order valence-corrected chi connectivity index (χ0v) is 14.2. The average molecular weight is 284 g/mol. The average Bonchev–Trinajstić information content (AvgIpc) is 3.00. The Hall–Kier alpha value is -0.120. The quantitative estimate of drug-likeness (QED) is 0.843. The van der Waals surface area contributed by atoms with Crippen LogP contribution in [0.15, 0.2) is 0 Å². The maximum atomic E-state index is 5.41.